The molecule has 68 valence electrons. The van der Waals surface area contributed by atoms with E-state index in [0.29, 0.717) is 5.69 Å². The zero-order valence-electron chi connectivity index (χ0n) is 6.97. The van der Waals surface area contributed by atoms with Crippen LogP contribution in [0.1, 0.15) is 6.92 Å². The SMILES string of the molecule is CC(=O)ONC=Nc1cncnc1. The van der Waals surface area contributed by atoms with Crippen molar-refractivity contribution in [1.82, 2.24) is 15.4 Å². The minimum atomic E-state index is -0.434. The van der Waals surface area contributed by atoms with Crippen LogP contribution in [0.3, 0.4) is 0 Å². The first-order valence-corrected chi connectivity index (χ1v) is 3.49. The molecule has 0 bridgehead atoms. The van der Waals surface area contributed by atoms with Crippen molar-refractivity contribution < 1.29 is 9.63 Å². The fourth-order valence-corrected chi connectivity index (χ4v) is 0.568. The summed E-state index contributed by atoms with van der Waals surface area (Å²) in [7, 11) is 0. The number of rotatable bonds is 3. The highest BCUT2D eigenvalue weighted by atomic mass is 16.7. The fourth-order valence-electron chi connectivity index (χ4n) is 0.568. The van der Waals surface area contributed by atoms with Crippen LogP contribution in [0.15, 0.2) is 23.7 Å². The molecule has 0 saturated carbocycles. The molecule has 1 rings (SSSR count). The highest BCUT2D eigenvalue weighted by Gasteiger charge is 1.87. The summed E-state index contributed by atoms with van der Waals surface area (Å²) in [4.78, 5) is 26.0. The summed E-state index contributed by atoms with van der Waals surface area (Å²) >= 11 is 0. The lowest BCUT2D eigenvalue weighted by Crippen LogP contribution is -2.15. The third-order valence-corrected chi connectivity index (χ3v) is 1.02. The van der Waals surface area contributed by atoms with E-state index in [-0.39, 0.29) is 0 Å². The van der Waals surface area contributed by atoms with Gasteiger partial charge in [0.05, 0.1) is 12.4 Å². The molecule has 0 unspecified atom stereocenters. The lowest BCUT2D eigenvalue weighted by molar-refractivity contribution is -0.144. The highest BCUT2D eigenvalue weighted by Crippen LogP contribution is 2.02. The first-order chi connectivity index (χ1) is 6.29. The van der Waals surface area contributed by atoms with Crippen LogP contribution in [0.5, 0.6) is 0 Å². The van der Waals surface area contributed by atoms with Crippen molar-refractivity contribution in [2.45, 2.75) is 6.92 Å². The molecule has 0 aliphatic heterocycles. The van der Waals surface area contributed by atoms with Crippen LogP contribution in [0.25, 0.3) is 0 Å². The van der Waals surface area contributed by atoms with Crippen molar-refractivity contribution in [3.8, 4) is 0 Å². The molecule has 6 heteroatoms. The van der Waals surface area contributed by atoms with Crippen LogP contribution in [-0.2, 0) is 9.63 Å². The predicted octanol–water partition coefficient (Wildman–Crippen LogP) is 0.204. The van der Waals surface area contributed by atoms with Gasteiger partial charge in [-0.25, -0.2) is 20.4 Å². The molecular weight excluding hydrogens is 172 g/mol. The number of carbonyl (C=O) groups is 1. The number of aliphatic imine (C=N–C) groups is 1. The van der Waals surface area contributed by atoms with Gasteiger partial charge < -0.3 is 4.84 Å². The molecule has 0 aliphatic carbocycles. The van der Waals surface area contributed by atoms with Gasteiger partial charge in [-0.05, 0) is 0 Å². The van der Waals surface area contributed by atoms with Crippen molar-refractivity contribution in [1.29, 1.82) is 0 Å². The Kier molecular flexibility index (Phi) is 3.37. The second kappa shape index (κ2) is 4.81. The number of nitrogens with one attached hydrogen (secondary N) is 1. The smallest absolute Gasteiger partial charge is 0.329 e. The zero-order valence-corrected chi connectivity index (χ0v) is 6.97. The molecule has 13 heavy (non-hydrogen) atoms. The Hall–Kier alpha value is -1.98. The van der Waals surface area contributed by atoms with Crippen LogP contribution in [0.4, 0.5) is 5.69 Å². The Bertz CT molecular complexity index is 299. The molecule has 1 heterocycles. The maximum Gasteiger partial charge on any atom is 0.329 e. The molecular formula is C7H8N4O2. The summed E-state index contributed by atoms with van der Waals surface area (Å²) in [5.74, 6) is -0.434. The van der Waals surface area contributed by atoms with Crippen LogP contribution in [0, 0.1) is 0 Å². The second-order valence-electron chi connectivity index (χ2n) is 2.07. The number of aromatic nitrogens is 2. The summed E-state index contributed by atoms with van der Waals surface area (Å²) in [6.07, 6.45) is 5.69. The quantitative estimate of drug-likeness (QED) is 0.408. The Morgan fingerprint density at radius 3 is 2.92 bits per heavy atom. The van der Waals surface area contributed by atoms with Gasteiger partial charge in [0.1, 0.15) is 18.4 Å². The van der Waals surface area contributed by atoms with Gasteiger partial charge in [0.15, 0.2) is 0 Å². The monoisotopic (exact) mass is 180 g/mol. The van der Waals surface area contributed by atoms with E-state index in [1.807, 2.05) is 0 Å². The predicted molar refractivity (Wildman–Crippen MR) is 45.1 cm³/mol. The molecule has 1 aromatic rings. The molecule has 0 aromatic carbocycles. The maximum atomic E-state index is 10.3. The molecule has 0 aliphatic rings. The van der Waals surface area contributed by atoms with Gasteiger partial charge in [0.25, 0.3) is 0 Å². The van der Waals surface area contributed by atoms with Crippen molar-refractivity contribution in [2.75, 3.05) is 0 Å². The van der Waals surface area contributed by atoms with Gasteiger partial charge in [-0.15, -0.1) is 0 Å². The molecule has 0 radical (unpaired) electrons. The molecule has 1 aromatic heterocycles. The minimum Gasteiger partial charge on any atom is -0.343 e. The van der Waals surface area contributed by atoms with Crippen LogP contribution >= 0.6 is 0 Å². The average Bonchev–Trinajstić information content (AvgIpc) is 2.14. The van der Waals surface area contributed by atoms with Crippen molar-refractivity contribution in [2.24, 2.45) is 4.99 Å². The number of hydroxylamine groups is 1. The fraction of sp³-hybridized carbons (Fsp3) is 0.143. The number of carbonyl (C=O) groups excluding carboxylic acids is 1. The topological polar surface area (TPSA) is 76.5 Å². The number of nitrogens with zero attached hydrogens (tertiary/aromatic N) is 3. The Morgan fingerprint density at radius 1 is 1.62 bits per heavy atom. The van der Waals surface area contributed by atoms with E-state index in [4.69, 9.17) is 0 Å². The van der Waals surface area contributed by atoms with Crippen LogP contribution < -0.4 is 5.48 Å². The van der Waals surface area contributed by atoms with E-state index in [9.17, 15) is 4.79 Å². The summed E-state index contributed by atoms with van der Waals surface area (Å²) in [6.45, 7) is 1.28. The van der Waals surface area contributed by atoms with Crippen molar-refractivity contribution in [3.05, 3.63) is 18.7 Å². The van der Waals surface area contributed by atoms with E-state index < -0.39 is 5.97 Å². The molecule has 1 N–H and O–H groups in total. The van der Waals surface area contributed by atoms with E-state index in [0.717, 1.165) is 0 Å². The molecule has 0 saturated heterocycles. The highest BCUT2D eigenvalue weighted by molar-refractivity contribution is 5.68. The Labute approximate surface area is 74.6 Å². The summed E-state index contributed by atoms with van der Waals surface area (Å²) < 4.78 is 0. The molecule has 0 amide bonds. The lowest BCUT2D eigenvalue weighted by atomic mass is 10.6. The summed E-state index contributed by atoms with van der Waals surface area (Å²) in [5, 5.41) is 0. The largest absolute Gasteiger partial charge is 0.343 e. The third kappa shape index (κ3) is 3.80. The summed E-state index contributed by atoms with van der Waals surface area (Å²) in [6, 6.07) is 0. The lowest BCUT2D eigenvalue weighted by Gasteiger charge is -1.95. The van der Waals surface area contributed by atoms with Gasteiger partial charge >= 0.3 is 5.97 Å². The standard InChI is InChI=1S/C7H8N4O2/c1-6(12)13-11-5-10-7-2-8-4-9-3-7/h2-5H,1H3,(H,10,11). The first kappa shape index (κ1) is 9.11. The Morgan fingerprint density at radius 2 is 2.31 bits per heavy atom. The van der Waals surface area contributed by atoms with Crippen LogP contribution in [0.2, 0.25) is 0 Å². The van der Waals surface area contributed by atoms with Gasteiger partial charge in [0, 0.05) is 6.92 Å². The van der Waals surface area contributed by atoms with Gasteiger partial charge in [-0.1, -0.05) is 0 Å². The average molecular weight is 180 g/mol. The van der Waals surface area contributed by atoms with Crippen molar-refractivity contribution >= 4 is 18.0 Å². The van der Waals surface area contributed by atoms with Crippen molar-refractivity contribution in [3.63, 3.8) is 0 Å². The second-order valence-corrected chi connectivity index (χ2v) is 2.07. The minimum absolute atomic E-state index is 0.434. The van der Waals surface area contributed by atoms with E-state index >= 15 is 0 Å². The third-order valence-electron chi connectivity index (χ3n) is 1.02. The maximum absolute atomic E-state index is 10.3. The van der Waals surface area contributed by atoms with E-state index in [1.165, 1.54) is 32.0 Å². The molecule has 6 nitrogen and oxygen atoms in total. The summed E-state index contributed by atoms with van der Waals surface area (Å²) in [5.41, 5.74) is 2.81. The van der Waals surface area contributed by atoms with Crippen LogP contribution in [-0.4, -0.2) is 22.3 Å². The first-order valence-electron chi connectivity index (χ1n) is 3.49. The molecule has 0 atom stereocenters. The molecule has 0 spiro atoms. The number of hydrogen-bond acceptors (Lipinski definition) is 5. The Balaban J connectivity index is 2.37. The number of hydrogen-bond donors (Lipinski definition) is 1. The normalized spacial score (nSPS) is 9.92. The zero-order chi connectivity index (χ0) is 9.52. The molecule has 0 fully saturated rings. The van der Waals surface area contributed by atoms with Gasteiger partial charge in [-0.2, -0.15) is 0 Å². The van der Waals surface area contributed by atoms with Gasteiger partial charge in [-0.3, -0.25) is 4.79 Å². The van der Waals surface area contributed by atoms with E-state index in [2.05, 4.69) is 25.3 Å². The van der Waals surface area contributed by atoms with E-state index in [1.54, 1.807) is 0 Å². The van der Waals surface area contributed by atoms with Gasteiger partial charge in [0.2, 0.25) is 0 Å².